The van der Waals surface area contributed by atoms with Gasteiger partial charge in [0.25, 0.3) is 0 Å². The Labute approximate surface area is 188 Å². The van der Waals surface area contributed by atoms with Crippen LogP contribution in [0.1, 0.15) is 44.7 Å². The summed E-state index contributed by atoms with van der Waals surface area (Å²) < 4.78 is 5.81. The second-order valence-corrected chi connectivity index (χ2v) is 9.02. The number of hydrogen-bond donors (Lipinski definition) is 0. The van der Waals surface area contributed by atoms with Crippen molar-refractivity contribution in [3.8, 4) is 5.75 Å². The number of piperidine rings is 1. The number of likely N-dealkylation sites (N-methyl/N-ethyl adjacent to an activating group) is 1. The van der Waals surface area contributed by atoms with Crippen molar-refractivity contribution in [1.29, 1.82) is 0 Å². The van der Waals surface area contributed by atoms with Crippen LogP contribution in [-0.4, -0.2) is 48.5 Å². The Morgan fingerprint density at radius 3 is 2.35 bits per heavy atom. The van der Waals surface area contributed by atoms with Gasteiger partial charge in [0.1, 0.15) is 5.75 Å². The van der Waals surface area contributed by atoms with E-state index < -0.39 is 0 Å². The molecule has 0 aliphatic carbocycles. The van der Waals surface area contributed by atoms with E-state index in [1.165, 1.54) is 11.1 Å². The average molecular weight is 423 g/mol. The number of rotatable bonds is 9. The minimum Gasteiger partial charge on any atom is -0.494 e. The zero-order chi connectivity index (χ0) is 22.2. The molecular formula is C27H38N2O2. The molecule has 0 N–H and O–H groups in total. The molecule has 1 aliphatic rings. The van der Waals surface area contributed by atoms with Crippen molar-refractivity contribution in [3.63, 3.8) is 0 Å². The Kier molecular flexibility index (Phi) is 8.53. The minimum atomic E-state index is 0.0263. The molecule has 0 bridgehead atoms. The number of carbonyl (C=O) groups is 1. The smallest absolute Gasteiger partial charge is 0.225 e. The number of nitrogens with zero attached hydrogens (tertiary/aromatic N) is 2. The third kappa shape index (κ3) is 6.33. The first-order valence-electron chi connectivity index (χ1n) is 11.7. The number of carbonyl (C=O) groups excluding carboxylic acids is 1. The van der Waals surface area contributed by atoms with E-state index in [9.17, 15) is 4.79 Å². The van der Waals surface area contributed by atoms with Crippen LogP contribution in [0, 0.1) is 11.8 Å². The molecule has 1 amide bonds. The molecule has 1 aliphatic heterocycles. The van der Waals surface area contributed by atoms with Crippen LogP contribution in [0.25, 0.3) is 0 Å². The highest BCUT2D eigenvalue weighted by Gasteiger charge is 2.32. The Morgan fingerprint density at radius 1 is 1.06 bits per heavy atom. The maximum atomic E-state index is 12.8. The predicted molar refractivity (Wildman–Crippen MR) is 127 cm³/mol. The lowest BCUT2D eigenvalue weighted by Crippen LogP contribution is -2.48. The van der Waals surface area contributed by atoms with Crippen molar-refractivity contribution in [2.75, 3.05) is 26.7 Å². The van der Waals surface area contributed by atoms with Crippen molar-refractivity contribution in [3.05, 3.63) is 65.7 Å². The molecule has 2 aromatic carbocycles. The van der Waals surface area contributed by atoms with Crippen LogP contribution in [-0.2, 0) is 17.8 Å². The number of benzene rings is 2. The van der Waals surface area contributed by atoms with Gasteiger partial charge in [-0.15, -0.1) is 0 Å². The lowest BCUT2D eigenvalue weighted by Gasteiger charge is -2.40. The highest BCUT2D eigenvalue weighted by molar-refractivity contribution is 5.78. The zero-order valence-electron chi connectivity index (χ0n) is 19.6. The molecule has 1 unspecified atom stereocenters. The summed E-state index contributed by atoms with van der Waals surface area (Å²) in [6.45, 7) is 9.75. The summed E-state index contributed by atoms with van der Waals surface area (Å²) in [5, 5.41) is 0. The summed E-state index contributed by atoms with van der Waals surface area (Å²) in [4.78, 5) is 17.4. The molecule has 0 spiro atoms. The molecule has 31 heavy (non-hydrogen) atoms. The van der Waals surface area contributed by atoms with Crippen LogP contribution in [0.3, 0.4) is 0 Å². The summed E-state index contributed by atoms with van der Waals surface area (Å²) in [5.74, 6) is 1.79. The van der Waals surface area contributed by atoms with E-state index in [0.29, 0.717) is 12.5 Å². The van der Waals surface area contributed by atoms with Gasteiger partial charge in [-0.3, -0.25) is 9.69 Å². The Hall–Kier alpha value is -2.33. The van der Waals surface area contributed by atoms with Crippen LogP contribution in [0.5, 0.6) is 5.75 Å². The van der Waals surface area contributed by atoms with Crippen molar-refractivity contribution < 1.29 is 9.53 Å². The molecule has 3 rings (SSSR count). The molecule has 2 aromatic rings. The fourth-order valence-corrected chi connectivity index (χ4v) is 4.71. The Balaban J connectivity index is 1.66. The van der Waals surface area contributed by atoms with E-state index in [-0.39, 0.29) is 17.9 Å². The van der Waals surface area contributed by atoms with Gasteiger partial charge >= 0.3 is 0 Å². The van der Waals surface area contributed by atoms with Crippen molar-refractivity contribution in [2.45, 2.75) is 52.6 Å². The largest absolute Gasteiger partial charge is 0.494 e. The molecule has 4 nitrogen and oxygen atoms in total. The first kappa shape index (κ1) is 23.3. The van der Waals surface area contributed by atoms with Crippen LogP contribution in [0.15, 0.2) is 54.6 Å². The van der Waals surface area contributed by atoms with Crippen molar-refractivity contribution >= 4 is 5.91 Å². The highest BCUT2D eigenvalue weighted by atomic mass is 16.5. The number of likely N-dealkylation sites (tertiary alicyclic amines) is 1. The zero-order valence-corrected chi connectivity index (χ0v) is 19.6. The van der Waals surface area contributed by atoms with Gasteiger partial charge in [0.2, 0.25) is 5.91 Å². The maximum Gasteiger partial charge on any atom is 0.225 e. The van der Waals surface area contributed by atoms with Gasteiger partial charge < -0.3 is 9.64 Å². The monoisotopic (exact) mass is 422 g/mol. The van der Waals surface area contributed by atoms with Gasteiger partial charge in [0.05, 0.1) is 6.61 Å². The molecule has 0 radical (unpaired) electrons. The first-order valence-corrected chi connectivity index (χ1v) is 11.7. The summed E-state index contributed by atoms with van der Waals surface area (Å²) in [5.41, 5.74) is 2.57. The van der Waals surface area contributed by atoms with E-state index in [1.807, 2.05) is 38.8 Å². The molecule has 4 heteroatoms. The summed E-state index contributed by atoms with van der Waals surface area (Å²) in [7, 11) is 2.00. The van der Waals surface area contributed by atoms with Gasteiger partial charge in [-0.2, -0.15) is 0 Å². The average Bonchev–Trinajstić information content (AvgIpc) is 2.79. The maximum absolute atomic E-state index is 12.8. The topological polar surface area (TPSA) is 32.8 Å². The number of hydrogen-bond acceptors (Lipinski definition) is 3. The van der Waals surface area contributed by atoms with E-state index >= 15 is 0 Å². The van der Waals surface area contributed by atoms with Gasteiger partial charge in [0, 0.05) is 31.1 Å². The molecular weight excluding hydrogens is 384 g/mol. The number of para-hydroxylation sites is 1. The van der Waals surface area contributed by atoms with E-state index in [2.05, 4.69) is 53.4 Å². The SMILES string of the molecule is CCOc1ccccc1CN1CCC(C(Cc2ccccc2)N(C)C(=O)C(C)C)CC1. The van der Waals surface area contributed by atoms with Crippen molar-refractivity contribution in [2.24, 2.45) is 11.8 Å². The second-order valence-electron chi connectivity index (χ2n) is 9.02. The summed E-state index contributed by atoms with van der Waals surface area (Å²) >= 11 is 0. The van der Waals surface area contributed by atoms with Gasteiger partial charge in [-0.05, 0) is 56.8 Å². The fourth-order valence-electron chi connectivity index (χ4n) is 4.71. The van der Waals surface area contributed by atoms with Gasteiger partial charge in [0.15, 0.2) is 0 Å². The summed E-state index contributed by atoms with van der Waals surface area (Å²) in [6.07, 6.45) is 3.15. The van der Waals surface area contributed by atoms with Gasteiger partial charge in [-0.25, -0.2) is 0 Å². The quantitative estimate of drug-likeness (QED) is 0.569. The highest BCUT2D eigenvalue weighted by Crippen LogP contribution is 2.29. The van der Waals surface area contributed by atoms with Crippen LogP contribution in [0.2, 0.25) is 0 Å². The Morgan fingerprint density at radius 2 is 1.71 bits per heavy atom. The molecule has 1 saturated heterocycles. The molecule has 0 aromatic heterocycles. The molecule has 1 atom stereocenters. The summed E-state index contributed by atoms with van der Waals surface area (Å²) in [6, 6.07) is 19.2. The van der Waals surface area contributed by atoms with Crippen LogP contribution < -0.4 is 4.74 Å². The molecule has 1 fully saturated rings. The van der Waals surface area contributed by atoms with E-state index in [4.69, 9.17) is 4.74 Å². The van der Waals surface area contributed by atoms with Gasteiger partial charge in [-0.1, -0.05) is 62.4 Å². The van der Waals surface area contributed by atoms with Crippen LogP contribution >= 0.6 is 0 Å². The minimum absolute atomic E-state index is 0.0263. The van der Waals surface area contributed by atoms with E-state index in [0.717, 1.165) is 44.6 Å². The predicted octanol–water partition coefficient (Wildman–Crippen LogP) is 5.02. The third-order valence-corrected chi connectivity index (χ3v) is 6.47. The second kappa shape index (κ2) is 11.3. The van der Waals surface area contributed by atoms with E-state index in [1.54, 1.807) is 0 Å². The third-order valence-electron chi connectivity index (χ3n) is 6.47. The lowest BCUT2D eigenvalue weighted by molar-refractivity contribution is -0.136. The number of amides is 1. The fraction of sp³-hybridized carbons (Fsp3) is 0.519. The number of ether oxygens (including phenoxy) is 1. The molecule has 168 valence electrons. The first-order chi connectivity index (χ1) is 15.0. The Bertz CT molecular complexity index is 813. The van der Waals surface area contributed by atoms with Crippen molar-refractivity contribution in [1.82, 2.24) is 9.80 Å². The lowest BCUT2D eigenvalue weighted by atomic mass is 9.84. The standard InChI is InChI=1S/C27H38N2O2/c1-5-31-26-14-10-9-13-24(26)20-29-17-15-23(16-18-29)25(28(4)27(30)21(2)3)19-22-11-7-6-8-12-22/h6-14,21,23,25H,5,15-20H2,1-4H3. The normalized spacial score (nSPS) is 16.3. The molecule has 1 heterocycles. The molecule has 0 saturated carbocycles. The van der Waals surface area contributed by atoms with Crippen LogP contribution in [0.4, 0.5) is 0 Å².